The summed E-state index contributed by atoms with van der Waals surface area (Å²) < 4.78 is 0.516. The van der Waals surface area contributed by atoms with Gasteiger partial charge in [0.1, 0.15) is 5.70 Å². The van der Waals surface area contributed by atoms with Crippen molar-refractivity contribution in [2.45, 2.75) is 25.8 Å². The van der Waals surface area contributed by atoms with Gasteiger partial charge in [-0.3, -0.25) is 14.9 Å². The normalized spacial score (nSPS) is 25.5. The number of rotatable bonds is 5. The lowest BCUT2D eigenvalue weighted by Crippen LogP contribution is -2.60. The minimum absolute atomic E-state index is 0.0119. The molecule has 3 atom stereocenters. The van der Waals surface area contributed by atoms with E-state index in [0.717, 1.165) is 5.56 Å². The quantitative estimate of drug-likeness (QED) is 0.469. The third-order valence-electron chi connectivity index (χ3n) is 4.72. The van der Waals surface area contributed by atoms with E-state index in [0.29, 0.717) is 17.3 Å². The van der Waals surface area contributed by atoms with Gasteiger partial charge in [0.15, 0.2) is 0 Å². The van der Waals surface area contributed by atoms with E-state index < -0.39 is 10.9 Å². The number of carboxylic acids is 1. The van der Waals surface area contributed by atoms with Crippen molar-refractivity contribution in [1.29, 1.82) is 0 Å². The Balaban J connectivity index is 1.89. The number of nitrogens with zero attached hydrogens (tertiary/aromatic N) is 2. The molecule has 1 aromatic carbocycles. The number of β-lactam (4-membered cyclic amide) rings is 1. The lowest BCUT2D eigenvalue weighted by Gasteiger charge is -2.45. The summed E-state index contributed by atoms with van der Waals surface area (Å²) in [4.78, 5) is 35.3. The van der Waals surface area contributed by atoms with Crippen LogP contribution in [0.5, 0.6) is 0 Å². The summed E-state index contributed by atoms with van der Waals surface area (Å²) in [6, 6.07) is 6.03. The zero-order chi connectivity index (χ0) is 17.6. The molecule has 0 radical (unpaired) electrons. The Morgan fingerprint density at radius 2 is 1.96 bits per heavy atom. The fourth-order valence-electron chi connectivity index (χ4n) is 3.57. The Hall–Kier alpha value is -2.22. The number of carbonyl (C=O) groups excluding carboxylic acids is 1. The standard InChI is InChI=1S/C16H15BrN2O5/c1-2-10-13-11(7-8-3-5-9(6-4-8)19(23)24)12(17)14(16(21)22)18(13)15(10)20/h3-6,10-11,13H,2,7H2,1H3,(H,21,22). The molecule has 126 valence electrons. The number of fused-ring (bicyclic) bond motifs is 1. The summed E-state index contributed by atoms with van der Waals surface area (Å²) in [7, 11) is 0. The van der Waals surface area contributed by atoms with Gasteiger partial charge in [-0.05, 0) is 18.4 Å². The third kappa shape index (κ3) is 2.41. The molecule has 1 fully saturated rings. The smallest absolute Gasteiger partial charge is 0.353 e. The first-order valence-corrected chi connectivity index (χ1v) is 8.35. The van der Waals surface area contributed by atoms with Crippen LogP contribution in [0.1, 0.15) is 18.9 Å². The maximum atomic E-state index is 12.2. The zero-order valence-corrected chi connectivity index (χ0v) is 14.4. The largest absolute Gasteiger partial charge is 0.477 e. The van der Waals surface area contributed by atoms with E-state index in [1.165, 1.54) is 17.0 Å². The average Bonchev–Trinajstić information content (AvgIpc) is 2.78. The highest BCUT2D eigenvalue weighted by Gasteiger charge is 2.58. The van der Waals surface area contributed by atoms with Crippen molar-refractivity contribution >= 4 is 33.5 Å². The molecule has 3 unspecified atom stereocenters. The van der Waals surface area contributed by atoms with E-state index >= 15 is 0 Å². The first kappa shape index (κ1) is 16.6. The summed E-state index contributed by atoms with van der Waals surface area (Å²) in [6.45, 7) is 1.91. The van der Waals surface area contributed by atoms with E-state index in [4.69, 9.17) is 0 Å². The maximum Gasteiger partial charge on any atom is 0.353 e. The summed E-state index contributed by atoms with van der Waals surface area (Å²) in [5.74, 6) is -1.61. The number of hydrogen-bond donors (Lipinski definition) is 1. The molecule has 7 nitrogen and oxygen atoms in total. The van der Waals surface area contributed by atoms with Crippen molar-refractivity contribution in [1.82, 2.24) is 4.90 Å². The maximum absolute atomic E-state index is 12.2. The first-order valence-electron chi connectivity index (χ1n) is 7.56. The fraction of sp³-hybridized carbons (Fsp3) is 0.375. The van der Waals surface area contributed by atoms with Gasteiger partial charge in [-0.15, -0.1) is 0 Å². The molecular formula is C16H15BrN2O5. The number of amides is 1. The Morgan fingerprint density at radius 3 is 2.46 bits per heavy atom. The lowest BCUT2D eigenvalue weighted by atomic mass is 9.78. The summed E-state index contributed by atoms with van der Waals surface area (Å²) in [5, 5.41) is 20.1. The molecule has 1 saturated heterocycles. The summed E-state index contributed by atoms with van der Waals surface area (Å²) in [6.07, 6.45) is 1.17. The van der Waals surface area contributed by atoms with E-state index in [-0.39, 0.29) is 35.2 Å². The number of nitro groups is 1. The van der Waals surface area contributed by atoms with Crippen LogP contribution in [0, 0.1) is 22.0 Å². The molecule has 2 heterocycles. The van der Waals surface area contributed by atoms with Gasteiger partial charge in [-0.1, -0.05) is 35.0 Å². The predicted octanol–water partition coefficient (Wildman–Crippen LogP) is 2.70. The topological polar surface area (TPSA) is 101 Å². The third-order valence-corrected chi connectivity index (χ3v) is 5.68. The van der Waals surface area contributed by atoms with E-state index in [1.54, 1.807) is 12.1 Å². The molecule has 8 heteroatoms. The monoisotopic (exact) mass is 394 g/mol. The van der Waals surface area contributed by atoms with E-state index in [9.17, 15) is 24.8 Å². The molecule has 1 N–H and O–H groups in total. The van der Waals surface area contributed by atoms with Gasteiger partial charge in [-0.25, -0.2) is 4.79 Å². The Bertz CT molecular complexity index is 758. The van der Waals surface area contributed by atoms with Crippen LogP contribution in [-0.4, -0.2) is 32.8 Å². The number of halogens is 1. The number of aliphatic carboxylic acids is 1. The van der Waals surface area contributed by atoms with Crippen molar-refractivity contribution in [3.8, 4) is 0 Å². The molecule has 0 bridgehead atoms. The van der Waals surface area contributed by atoms with Crippen LogP contribution in [0.15, 0.2) is 34.4 Å². The number of non-ortho nitro benzene ring substituents is 1. The van der Waals surface area contributed by atoms with Crippen LogP contribution in [0.25, 0.3) is 0 Å². The molecule has 0 aromatic heterocycles. The second kappa shape index (κ2) is 6.01. The average molecular weight is 395 g/mol. The van der Waals surface area contributed by atoms with E-state index in [2.05, 4.69) is 15.9 Å². The van der Waals surface area contributed by atoms with Gasteiger partial charge < -0.3 is 10.0 Å². The van der Waals surface area contributed by atoms with Crippen LogP contribution in [0.4, 0.5) is 5.69 Å². The SMILES string of the molecule is CCC1C(=O)N2C(C(=O)O)=C(Br)C(Cc3ccc([N+](=O)[O-])cc3)C12. The van der Waals surface area contributed by atoms with Crippen LogP contribution >= 0.6 is 15.9 Å². The minimum Gasteiger partial charge on any atom is -0.477 e. The lowest BCUT2D eigenvalue weighted by molar-refractivity contribution is -0.384. The number of hydrogen-bond acceptors (Lipinski definition) is 4. The Kier molecular flexibility index (Phi) is 4.16. The minimum atomic E-state index is -1.12. The highest BCUT2D eigenvalue weighted by atomic mass is 79.9. The highest BCUT2D eigenvalue weighted by Crippen LogP contribution is 2.50. The number of carbonyl (C=O) groups is 2. The zero-order valence-electron chi connectivity index (χ0n) is 12.8. The van der Waals surface area contributed by atoms with Gasteiger partial charge in [0.25, 0.3) is 5.69 Å². The molecule has 3 rings (SSSR count). The van der Waals surface area contributed by atoms with E-state index in [1.807, 2.05) is 6.92 Å². The number of nitro benzene ring substituents is 1. The summed E-state index contributed by atoms with van der Waals surface area (Å²) in [5.41, 5.74) is 0.892. The molecular weight excluding hydrogens is 380 g/mol. The number of benzene rings is 1. The summed E-state index contributed by atoms with van der Waals surface area (Å²) >= 11 is 3.37. The van der Waals surface area contributed by atoms with Crippen LogP contribution < -0.4 is 0 Å². The fourth-order valence-corrected chi connectivity index (χ4v) is 4.36. The molecule has 24 heavy (non-hydrogen) atoms. The molecule has 1 aromatic rings. The van der Waals surface area contributed by atoms with Gasteiger partial charge in [0.05, 0.1) is 16.9 Å². The molecule has 2 aliphatic rings. The highest BCUT2D eigenvalue weighted by molar-refractivity contribution is 9.11. The molecule has 1 amide bonds. The van der Waals surface area contributed by atoms with Crippen molar-refractivity contribution in [2.24, 2.45) is 11.8 Å². The van der Waals surface area contributed by atoms with Crippen LogP contribution in [0.3, 0.4) is 0 Å². The van der Waals surface area contributed by atoms with Crippen LogP contribution in [-0.2, 0) is 16.0 Å². The van der Waals surface area contributed by atoms with Crippen LogP contribution in [0.2, 0.25) is 0 Å². The van der Waals surface area contributed by atoms with Gasteiger partial charge in [0.2, 0.25) is 5.91 Å². The first-order chi connectivity index (χ1) is 11.4. The Labute approximate surface area is 146 Å². The predicted molar refractivity (Wildman–Crippen MR) is 88.3 cm³/mol. The van der Waals surface area contributed by atoms with Crippen molar-refractivity contribution < 1.29 is 19.6 Å². The second-order valence-electron chi connectivity index (χ2n) is 5.95. The second-order valence-corrected chi connectivity index (χ2v) is 6.80. The van der Waals surface area contributed by atoms with Gasteiger partial charge in [0, 0.05) is 22.5 Å². The molecule has 0 aliphatic carbocycles. The van der Waals surface area contributed by atoms with Gasteiger partial charge in [-0.2, -0.15) is 0 Å². The molecule has 0 saturated carbocycles. The molecule has 0 spiro atoms. The van der Waals surface area contributed by atoms with Crippen molar-refractivity contribution in [3.63, 3.8) is 0 Å². The van der Waals surface area contributed by atoms with Crippen molar-refractivity contribution in [2.75, 3.05) is 0 Å². The van der Waals surface area contributed by atoms with Gasteiger partial charge >= 0.3 is 5.97 Å². The molecule has 2 aliphatic heterocycles. The number of carboxylic acid groups (broad SMARTS) is 1. The Morgan fingerprint density at radius 1 is 1.33 bits per heavy atom. The van der Waals surface area contributed by atoms with Crippen molar-refractivity contribution in [3.05, 3.63) is 50.1 Å².